The van der Waals surface area contributed by atoms with Crippen molar-refractivity contribution in [3.05, 3.63) is 0 Å². The summed E-state index contributed by atoms with van der Waals surface area (Å²) in [5, 5.41) is 14.4. The third-order valence-electron chi connectivity index (χ3n) is 3.45. The fourth-order valence-electron chi connectivity index (χ4n) is 2.35. The van der Waals surface area contributed by atoms with Gasteiger partial charge in [-0.05, 0) is 45.4 Å². The van der Waals surface area contributed by atoms with Gasteiger partial charge in [0.15, 0.2) is 0 Å². The van der Waals surface area contributed by atoms with Gasteiger partial charge in [-0.2, -0.15) is 0 Å². The Balaban J connectivity index is 2.32. The second-order valence-corrected chi connectivity index (χ2v) is 5.99. The number of carbonyl (C=O) groups excluding carboxylic acids is 1. The molecule has 1 fully saturated rings. The molecule has 0 aromatic carbocycles. The summed E-state index contributed by atoms with van der Waals surface area (Å²) in [6, 6.07) is 0.0692. The summed E-state index contributed by atoms with van der Waals surface area (Å²) in [6.07, 6.45) is 3.71. The van der Waals surface area contributed by atoms with Crippen LogP contribution in [-0.2, 0) is 4.79 Å². The van der Waals surface area contributed by atoms with E-state index in [1.165, 1.54) is 0 Å². The molecule has 1 rings (SSSR count). The normalized spacial score (nSPS) is 23.7. The number of rotatable bonds is 5. The van der Waals surface area contributed by atoms with Crippen molar-refractivity contribution in [2.75, 3.05) is 0 Å². The fraction of sp³-hybridized carbons (Fsp3) is 0.846. The molecule has 0 radical (unpaired) electrons. The van der Waals surface area contributed by atoms with Crippen molar-refractivity contribution in [3.63, 3.8) is 0 Å². The van der Waals surface area contributed by atoms with Crippen molar-refractivity contribution < 1.29 is 14.7 Å². The van der Waals surface area contributed by atoms with Crippen molar-refractivity contribution in [2.45, 2.75) is 64.5 Å². The zero-order valence-corrected chi connectivity index (χ0v) is 11.5. The Hall–Kier alpha value is -1.26. The summed E-state index contributed by atoms with van der Waals surface area (Å²) >= 11 is 0. The van der Waals surface area contributed by atoms with Crippen LogP contribution < -0.4 is 10.6 Å². The molecule has 2 unspecified atom stereocenters. The van der Waals surface area contributed by atoms with Crippen LogP contribution in [-0.4, -0.2) is 28.7 Å². The van der Waals surface area contributed by atoms with Gasteiger partial charge < -0.3 is 15.7 Å². The molecule has 0 aromatic rings. The lowest BCUT2D eigenvalue weighted by Crippen LogP contribution is -2.50. The van der Waals surface area contributed by atoms with E-state index >= 15 is 0 Å². The molecule has 18 heavy (non-hydrogen) atoms. The molecule has 3 N–H and O–H groups in total. The van der Waals surface area contributed by atoms with E-state index < -0.39 is 11.5 Å². The summed E-state index contributed by atoms with van der Waals surface area (Å²) in [5.74, 6) is -0.162. The topological polar surface area (TPSA) is 78.4 Å². The maximum Gasteiger partial charge on any atom is 0.315 e. The van der Waals surface area contributed by atoms with E-state index in [1.54, 1.807) is 0 Å². The Morgan fingerprint density at radius 2 is 2.00 bits per heavy atom. The highest BCUT2D eigenvalue weighted by Gasteiger charge is 2.26. The number of carboxylic acid groups (broad SMARTS) is 1. The molecule has 0 saturated heterocycles. The Labute approximate surface area is 108 Å². The van der Waals surface area contributed by atoms with Crippen LogP contribution in [0.25, 0.3) is 0 Å². The maximum atomic E-state index is 11.8. The second kappa shape index (κ2) is 6.07. The van der Waals surface area contributed by atoms with Gasteiger partial charge in [-0.15, -0.1) is 0 Å². The fourth-order valence-corrected chi connectivity index (χ4v) is 2.35. The van der Waals surface area contributed by atoms with Crippen LogP contribution in [0.4, 0.5) is 4.79 Å². The summed E-state index contributed by atoms with van der Waals surface area (Å²) in [7, 11) is 0. The lowest BCUT2D eigenvalue weighted by atomic mass is 9.99. The second-order valence-electron chi connectivity index (χ2n) is 5.99. The summed E-state index contributed by atoms with van der Waals surface area (Å²) in [4.78, 5) is 22.3. The van der Waals surface area contributed by atoms with Crippen molar-refractivity contribution in [1.29, 1.82) is 0 Å². The minimum Gasteiger partial charge on any atom is -0.481 e. The van der Waals surface area contributed by atoms with Crippen LogP contribution >= 0.6 is 0 Å². The molecule has 0 spiro atoms. The molecule has 104 valence electrons. The summed E-state index contributed by atoms with van der Waals surface area (Å²) in [5.41, 5.74) is -0.493. The number of hydrogen-bond donors (Lipinski definition) is 3. The quantitative estimate of drug-likeness (QED) is 0.705. The van der Waals surface area contributed by atoms with Gasteiger partial charge in [0.1, 0.15) is 0 Å². The van der Waals surface area contributed by atoms with E-state index in [1.807, 2.05) is 13.8 Å². The molecule has 1 aliphatic rings. The molecule has 5 heteroatoms. The number of aliphatic carboxylic acids is 1. The predicted molar refractivity (Wildman–Crippen MR) is 69.4 cm³/mol. The summed E-state index contributed by atoms with van der Waals surface area (Å²) in [6.45, 7) is 5.87. The molecule has 0 heterocycles. The lowest BCUT2D eigenvalue weighted by Gasteiger charge is -2.26. The average Bonchev–Trinajstić information content (AvgIpc) is 2.60. The predicted octanol–water partition coefficient (Wildman–Crippen LogP) is 2.12. The zero-order valence-electron chi connectivity index (χ0n) is 11.5. The molecule has 1 saturated carbocycles. The molecule has 0 bridgehead atoms. The van der Waals surface area contributed by atoms with E-state index in [0.717, 1.165) is 19.3 Å². The van der Waals surface area contributed by atoms with E-state index in [4.69, 9.17) is 5.11 Å². The standard InChI is InChI=1S/C13H24N2O3/c1-9-4-5-10(8-9)14-12(18)15-13(2,3)7-6-11(16)17/h9-10H,4-8H2,1-3H3,(H,16,17)(H2,14,15,18). The number of hydrogen-bond acceptors (Lipinski definition) is 2. The minimum atomic E-state index is -0.838. The molecule has 5 nitrogen and oxygen atoms in total. The molecule has 0 aliphatic heterocycles. The zero-order chi connectivity index (χ0) is 13.8. The van der Waals surface area contributed by atoms with Crippen molar-refractivity contribution in [3.8, 4) is 0 Å². The van der Waals surface area contributed by atoms with Gasteiger partial charge in [0.05, 0.1) is 0 Å². The van der Waals surface area contributed by atoms with Gasteiger partial charge in [-0.1, -0.05) is 6.92 Å². The van der Waals surface area contributed by atoms with Crippen molar-refractivity contribution >= 4 is 12.0 Å². The highest BCUT2D eigenvalue weighted by molar-refractivity contribution is 5.75. The van der Waals surface area contributed by atoms with E-state index in [2.05, 4.69) is 17.6 Å². The first-order valence-electron chi connectivity index (χ1n) is 6.59. The Bertz CT molecular complexity index is 315. The van der Waals surface area contributed by atoms with Gasteiger partial charge in [0, 0.05) is 18.0 Å². The summed E-state index contributed by atoms with van der Waals surface area (Å²) < 4.78 is 0. The molecule has 2 atom stereocenters. The van der Waals surface area contributed by atoms with E-state index in [-0.39, 0.29) is 18.5 Å². The smallest absolute Gasteiger partial charge is 0.315 e. The largest absolute Gasteiger partial charge is 0.481 e. The van der Waals surface area contributed by atoms with Gasteiger partial charge in [0.2, 0.25) is 0 Å². The third-order valence-corrected chi connectivity index (χ3v) is 3.45. The average molecular weight is 256 g/mol. The van der Waals surface area contributed by atoms with Crippen LogP contribution in [0.5, 0.6) is 0 Å². The monoisotopic (exact) mass is 256 g/mol. The van der Waals surface area contributed by atoms with Crippen LogP contribution in [0.3, 0.4) is 0 Å². The molecule has 2 amide bonds. The van der Waals surface area contributed by atoms with Crippen LogP contribution in [0.2, 0.25) is 0 Å². The Morgan fingerprint density at radius 3 is 2.50 bits per heavy atom. The van der Waals surface area contributed by atoms with Gasteiger partial charge >= 0.3 is 12.0 Å². The number of carboxylic acids is 1. The molecular formula is C13H24N2O3. The highest BCUT2D eigenvalue weighted by atomic mass is 16.4. The Kier molecular flexibility index (Phi) is 4.99. The molecular weight excluding hydrogens is 232 g/mol. The van der Waals surface area contributed by atoms with Crippen LogP contribution in [0.1, 0.15) is 52.9 Å². The first-order valence-corrected chi connectivity index (χ1v) is 6.59. The number of carbonyl (C=O) groups is 2. The molecule has 0 aromatic heterocycles. The number of amides is 2. The molecule has 1 aliphatic carbocycles. The third kappa shape index (κ3) is 5.38. The van der Waals surface area contributed by atoms with Crippen LogP contribution in [0.15, 0.2) is 0 Å². The van der Waals surface area contributed by atoms with Gasteiger partial charge in [-0.3, -0.25) is 4.79 Å². The van der Waals surface area contributed by atoms with E-state index in [9.17, 15) is 9.59 Å². The number of urea groups is 1. The maximum absolute atomic E-state index is 11.8. The van der Waals surface area contributed by atoms with Crippen molar-refractivity contribution in [2.24, 2.45) is 5.92 Å². The SMILES string of the molecule is CC1CCC(NC(=O)NC(C)(C)CCC(=O)O)C1. The number of nitrogens with one attached hydrogen (secondary N) is 2. The minimum absolute atomic E-state index is 0.0632. The highest BCUT2D eigenvalue weighted by Crippen LogP contribution is 2.24. The van der Waals surface area contributed by atoms with E-state index in [0.29, 0.717) is 12.3 Å². The van der Waals surface area contributed by atoms with Crippen LogP contribution in [0, 0.1) is 5.92 Å². The van der Waals surface area contributed by atoms with Gasteiger partial charge in [-0.25, -0.2) is 4.79 Å². The van der Waals surface area contributed by atoms with Gasteiger partial charge in [0.25, 0.3) is 0 Å². The van der Waals surface area contributed by atoms with Crippen molar-refractivity contribution in [1.82, 2.24) is 10.6 Å². The Morgan fingerprint density at radius 1 is 1.33 bits per heavy atom. The first-order chi connectivity index (χ1) is 8.28. The lowest BCUT2D eigenvalue weighted by molar-refractivity contribution is -0.137. The first kappa shape index (κ1) is 14.8.